The minimum absolute atomic E-state index is 0.442. The van der Waals surface area contributed by atoms with Gasteiger partial charge in [0.05, 0.1) is 6.54 Å². The maximum Gasteiger partial charge on any atom is 0.330 e. The highest BCUT2D eigenvalue weighted by atomic mass is 19.2. The summed E-state index contributed by atoms with van der Waals surface area (Å²) in [6.45, 7) is 2.83. The lowest BCUT2D eigenvalue weighted by molar-refractivity contribution is -0.252. The van der Waals surface area contributed by atoms with Crippen molar-refractivity contribution in [1.82, 2.24) is 9.55 Å². The summed E-state index contributed by atoms with van der Waals surface area (Å²) in [4.78, 5) is 25.0. The third kappa shape index (κ3) is 2.22. The van der Waals surface area contributed by atoms with Crippen LogP contribution >= 0.6 is 0 Å². The monoisotopic (exact) mass is 301 g/mol. The van der Waals surface area contributed by atoms with Crippen LogP contribution in [0.25, 0.3) is 0 Å². The average Bonchev–Trinajstić information content (AvgIpc) is 2.84. The third-order valence-corrected chi connectivity index (χ3v) is 3.56. The molecule has 0 aliphatic carbocycles. The van der Waals surface area contributed by atoms with Crippen LogP contribution in [-0.4, -0.2) is 39.9 Å². The van der Waals surface area contributed by atoms with Crippen LogP contribution in [0.3, 0.4) is 0 Å². The first-order valence-corrected chi connectivity index (χ1v) is 6.50. The van der Waals surface area contributed by atoms with E-state index in [0.29, 0.717) is 0 Å². The van der Waals surface area contributed by atoms with Crippen molar-refractivity contribution in [3.05, 3.63) is 33.1 Å². The molecule has 1 aromatic heterocycles. The topological polar surface area (TPSA) is 109 Å². The van der Waals surface area contributed by atoms with Gasteiger partial charge in [0.1, 0.15) is 6.10 Å². The first-order chi connectivity index (χ1) is 9.76. The van der Waals surface area contributed by atoms with Gasteiger partial charge in [-0.25, -0.2) is 9.18 Å². The van der Waals surface area contributed by atoms with Crippen LogP contribution in [0.15, 0.2) is 21.9 Å². The largest absolute Gasteiger partial charge is 0.340 e. The lowest BCUT2D eigenvalue weighted by Gasteiger charge is -2.27. The zero-order valence-electron chi connectivity index (χ0n) is 11.5. The molecule has 4 atom stereocenters. The number of alkyl halides is 1. The van der Waals surface area contributed by atoms with Gasteiger partial charge in [0.2, 0.25) is 0 Å². The van der Waals surface area contributed by atoms with Crippen molar-refractivity contribution in [3.8, 4) is 0 Å². The minimum atomic E-state index is -2.27. The molecule has 2 aliphatic heterocycles. The molecule has 116 valence electrons. The van der Waals surface area contributed by atoms with Gasteiger partial charge in [-0.1, -0.05) is 0 Å². The van der Waals surface area contributed by atoms with Gasteiger partial charge in [0.25, 0.3) is 11.4 Å². The van der Waals surface area contributed by atoms with Crippen molar-refractivity contribution in [1.29, 1.82) is 0 Å². The number of nitrogens with two attached hydrogens (primary N) is 1. The Kier molecular flexibility index (Phi) is 3.06. The van der Waals surface area contributed by atoms with Crippen molar-refractivity contribution in [2.75, 3.05) is 6.54 Å². The third-order valence-electron chi connectivity index (χ3n) is 3.56. The molecule has 2 saturated heterocycles. The summed E-state index contributed by atoms with van der Waals surface area (Å²) in [7, 11) is 0. The van der Waals surface area contributed by atoms with Gasteiger partial charge in [-0.2, -0.15) is 0 Å². The zero-order chi connectivity index (χ0) is 15.4. The molecule has 0 bridgehead atoms. The molecule has 8 nitrogen and oxygen atoms in total. The molecule has 1 aromatic rings. The summed E-state index contributed by atoms with van der Waals surface area (Å²) in [5, 5.41) is 0. The fourth-order valence-electron chi connectivity index (χ4n) is 2.67. The number of nitrogens with one attached hydrogen (secondary N) is 1. The molecule has 9 heteroatoms. The van der Waals surface area contributed by atoms with Crippen LogP contribution in [0.4, 0.5) is 4.39 Å². The first-order valence-electron chi connectivity index (χ1n) is 6.50. The molecule has 0 saturated carbocycles. The van der Waals surface area contributed by atoms with Gasteiger partial charge in [-0.3, -0.25) is 14.3 Å². The fraction of sp³-hybridized carbons (Fsp3) is 0.667. The summed E-state index contributed by atoms with van der Waals surface area (Å²) in [6.07, 6.45) is -1.76. The average molecular weight is 301 g/mol. The molecule has 0 radical (unpaired) electrons. The maximum absolute atomic E-state index is 14.7. The van der Waals surface area contributed by atoms with Crippen molar-refractivity contribution < 1.29 is 18.6 Å². The van der Waals surface area contributed by atoms with E-state index >= 15 is 0 Å². The molecule has 0 unspecified atom stereocenters. The zero-order valence-corrected chi connectivity index (χ0v) is 11.5. The van der Waals surface area contributed by atoms with E-state index in [9.17, 15) is 14.0 Å². The highest BCUT2D eigenvalue weighted by molar-refractivity contribution is 5.02. The van der Waals surface area contributed by atoms with E-state index in [-0.39, 0.29) is 0 Å². The van der Waals surface area contributed by atoms with E-state index in [4.69, 9.17) is 19.9 Å². The van der Waals surface area contributed by atoms with E-state index in [1.807, 2.05) is 0 Å². The molecule has 0 aromatic carbocycles. The molecule has 3 rings (SSSR count). The van der Waals surface area contributed by atoms with Crippen molar-refractivity contribution in [2.24, 2.45) is 5.73 Å². The van der Waals surface area contributed by atoms with Crippen molar-refractivity contribution in [3.63, 3.8) is 0 Å². The molecule has 0 amide bonds. The summed E-state index contributed by atoms with van der Waals surface area (Å²) >= 11 is 0. The molecular formula is C12H16FN3O5. The second kappa shape index (κ2) is 4.47. The van der Waals surface area contributed by atoms with Gasteiger partial charge in [0.15, 0.2) is 18.1 Å². The molecule has 2 aliphatic rings. The summed E-state index contributed by atoms with van der Waals surface area (Å²) in [5.74, 6) is -3.28. The van der Waals surface area contributed by atoms with Gasteiger partial charge < -0.3 is 19.9 Å². The van der Waals surface area contributed by atoms with Gasteiger partial charge >= 0.3 is 5.69 Å². The van der Waals surface area contributed by atoms with Crippen LogP contribution in [0.2, 0.25) is 0 Å². The standard InChI is InChI=1S/C12H16FN3O5/c1-11(2)19-7-8(20-11)12(13,5-14)21-9(7)16-4-3-6(17)15-10(16)18/h3-4,7-9H,5,14H2,1-2H3,(H,15,17,18)/t7-,8+,9-,12-/m1/s1. The number of hydrogen-bond acceptors (Lipinski definition) is 6. The number of aromatic amines is 1. The normalized spacial score (nSPS) is 37.6. The summed E-state index contributed by atoms with van der Waals surface area (Å²) in [5.41, 5.74) is 4.16. The molecule has 0 spiro atoms. The molecule has 21 heavy (non-hydrogen) atoms. The van der Waals surface area contributed by atoms with Gasteiger partial charge in [-0.15, -0.1) is 0 Å². The second-order valence-electron chi connectivity index (χ2n) is 5.54. The van der Waals surface area contributed by atoms with Crippen molar-refractivity contribution in [2.45, 2.75) is 43.9 Å². The number of ether oxygens (including phenoxy) is 3. The number of hydrogen-bond donors (Lipinski definition) is 2. The van der Waals surface area contributed by atoms with Gasteiger partial charge in [-0.05, 0) is 13.8 Å². The smallest absolute Gasteiger partial charge is 0.330 e. The molecule has 3 N–H and O–H groups in total. The Balaban J connectivity index is 2.04. The van der Waals surface area contributed by atoms with E-state index in [1.54, 1.807) is 13.8 Å². The van der Waals surface area contributed by atoms with Crippen LogP contribution in [0.5, 0.6) is 0 Å². The van der Waals surface area contributed by atoms with E-state index in [2.05, 4.69) is 4.98 Å². The Hall–Kier alpha value is -1.55. The van der Waals surface area contributed by atoms with E-state index in [0.717, 1.165) is 10.6 Å². The quantitative estimate of drug-likeness (QED) is 0.741. The van der Waals surface area contributed by atoms with Crippen LogP contribution in [0.1, 0.15) is 20.1 Å². The number of rotatable bonds is 2. The summed E-state index contributed by atoms with van der Waals surface area (Å²) < 4.78 is 32.2. The SMILES string of the molecule is CC1(C)O[C@H]2[C@H](n3ccc(=O)[nH]c3=O)O[C@](F)(CN)[C@H]2O1. The van der Waals surface area contributed by atoms with Crippen LogP contribution in [0, 0.1) is 0 Å². The van der Waals surface area contributed by atoms with Crippen LogP contribution < -0.4 is 17.0 Å². The van der Waals surface area contributed by atoms with Crippen molar-refractivity contribution >= 4 is 0 Å². The minimum Gasteiger partial charge on any atom is -0.340 e. The van der Waals surface area contributed by atoms with Crippen LogP contribution in [-0.2, 0) is 14.2 Å². The Morgan fingerprint density at radius 1 is 1.38 bits per heavy atom. The number of nitrogens with zero attached hydrogens (tertiary/aromatic N) is 1. The van der Waals surface area contributed by atoms with Gasteiger partial charge in [0, 0.05) is 12.3 Å². The predicted molar refractivity (Wildman–Crippen MR) is 68.2 cm³/mol. The highest BCUT2D eigenvalue weighted by Crippen LogP contribution is 2.47. The fourth-order valence-corrected chi connectivity index (χ4v) is 2.67. The second-order valence-corrected chi connectivity index (χ2v) is 5.54. The van der Waals surface area contributed by atoms with E-state index in [1.165, 1.54) is 6.20 Å². The number of H-pyrrole nitrogens is 1. The predicted octanol–water partition coefficient (Wildman–Crippen LogP) is -0.790. The first kappa shape index (κ1) is 14.4. The number of fused-ring (bicyclic) bond motifs is 1. The Labute approximate surface area is 118 Å². The Morgan fingerprint density at radius 3 is 2.71 bits per heavy atom. The summed E-state index contributed by atoms with van der Waals surface area (Å²) in [6, 6.07) is 1.14. The number of halogens is 1. The maximum atomic E-state index is 14.7. The lowest BCUT2D eigenvalue weighted by atomic mass is 10.1. The lowest BCUT2D eigenvalue weighted by Crippen LogP contribution is -2.45. The Morgan fingerprint density at radius 2 is 2.10 bits per heavy atom. The molecule has 2 fully saturated rings. The number of aromatic nitrogens is 2. The highest BCUT2D eigenvalue weighted by Gasteiger charge is 2.64. The molecular weight excluding hydrogens is 285 g/mol. The Bertz CT molecular complexity index is 671. The molecule has 3 heterocycles. The van der Waals surface area contributed by atoms with E-state index < -0.39 is 47.9 Å².